The fraction of sp³-hybridized carbons (Fsp3) is 0.455. The van der Waals surface area contributed by atoms with Gasteiger partial charge in [0.05, 0.1) is 12.2 Å². The van der Waals surface area contributed by atoms with Gasteiger partial charge in [-0.25, -0.2) is 4.39 Å². The van der Waals surface area contributed by atoms with Crippen molar-refractivity contribution in [2.75, 3.05) is 6.61 Å². The average Bonchev–Trinajstić information content (AvgIpc) is 2.17. The van der Waals surface area contributed by atoms with Crippen LogP contribution >= 0.6 is 11.6 Å². The van der Waals surface area contributed by atoms with Crippen LogP contribution < -0.4 is 0 Å². The summed E-state index contributed by atoms with van der Waals surface area (Å²) in [6, 6.07) is 4.51. The van der Waals surface area contributed by atoms with Crippen LogP contribution in [0.4, 0.5) is 4.39 Å². The van der Waals surface area contributed by atoms with E-state index in [9.17, 15) is 9.50 Å². The summed E-state index contributed by atoms with van der Waals surface area (Å²) in [5.41, 5.74) is 0.471. The summed E-state index contributed by atoms with van der Waals surface area (Å²) in [5.74, 6) is -0.374. The van der Waals surface area contributed by atoms with Crippen LogP contribution in [-0.4, -0.2) is 17.8 Å². The van der Waals surface area contributed by atoms with E-state index in [1.165, 1.54) is 6.07 Å². The maximum Gasteiger partial charge on any atom is 0.130 e. The van der Waals surface area contributed by atoms with Gasteiger partial charge in [0, 0.05) is 23.6 Å². The SMILES string of the molecule is OC1CCOC(c2ccc(Cl)cc2F)C1. The molecule has 0 bridgehead atoms. The largest absolute Gasteiger partial charge is 0.393 e. The molecule has 1 aliphatic heterocycles. The number of hydrogen-bond donors (Lipinski definition) is 1. The number of hydrogen-bond acceptors (Lipinski definition) is 2. The summed E-state index contributed by atoms with van der Waals surface area (Å²) < 4.78 is 18.9. The van der Waals surface area contributed by atoms with E-state index in [2.05, 4.69) is 0 Å². The number of halogens is 2. The zero-order valence-electron chi connectivity index (χ0n) is 8.12. The molecular weight excluding hydrogens is 219 g/mol. The average molecular weight is 231 g/mol. The van der Waals surface area contributed by atoms with Gasteiger partial charge in [0.15, 0.2) is 0 Å². The van der Waals surface area contributed by atoms with Crippen molar-refractivity contribution in [3.8, 4) is 0 Å². The number of rotatable bonds is 1. The van der Waals surface area contributed by atoms with E-state index in [1.807, 2.05) is 0 Å². The number of ether oxygens (including phenoxy) is 1. The van der Waals surface area contributed by atoms with Crippen LogP contribution in [0.25, 0.3) is 0 Å². The summed E-state index contributed by atoms with van der Waals surface area (Å²) >= 11 is 5.65. The third-order valence-electron chi connectivity index (χ3n) is 2.57. The lowest BCUT2D eigenvalue weighted by Crippen LogP contribution is -2.23. The van der Waals surface area contributed by atoms with Gasteiger partial charge in [-0.1, -0.05) is 17.7 Å². The van der Waals surface area contributed by atoms with E-state index >= 15 is 0 Å². The van der Waals surface area contributed by atoms with Gasteiger partial charge in [0.2, 0.25) is 0 Å². The van der Waals surface area contributed by atoms with Crippen LogP contribution in [-0.2, 0) is 4.74 Å². The Balaban J connectivity index is 2.21. The number of aliphatic hydroxyl groups excluding tert-OH is 1. The van der Waals surface area contributed by atoms with Crippen LogP contribution in [0.5, 0.6) is 0 Å². The molecule has 2 rings (SSSR count). The van der Waals surface area contributed by atoms with Gasteiger partial charge >= 0.3 is 0 Å². The molecule has 1 fully saturated rings. The minimum absolute atomic E-state index is 0.356. The van der Waals surface area contributed by atoms with Crippen molar-refractivity contribution >= 4 is 11.6 Å². The Kier molecular flexibility index (Phi) is 3.24. The molecule has 82 valence electrons. The van der Waals surface area contributed by atoms with E-state index in [0.29, 0.717) is 30.0 Å². The molecule has 0 amide bonds. The predicted molar refractivity (Wildman–Crippen MR) is 55.3 cm³/mol. The molecule has 1 heterocycles. The van der Waals surface area contributed by atoms with Crippen molar-refractivity contribution in [1.82, 2.24) is 0 Å². The third-order valence-corrected chi connectivity index (χ3v) is 2.80. The number of benzene rings is 1. The van der Waals surface area contributed by atoms with Crippen LogP contribution in [0.3, 0.4) is 0 Å². The first-order valence-electron chi connectivity index (χ1n) is 4.91. The molecule has 0 aromatic heterocycles. The molecule has 1 N–H and O–H groups in total. The zero-order chi connectivity index (χ0) is 10.8. The lowest BCUT2D eigenvalue weighted by atomic mass is 9.99. The van der Waals surface area contributed by atoms with Crippen LogP contribution in [0.15, 0.2) is 18.2 Å². The fourth-order valence-electron chi connectivity index (χ4n) is 1.76. The van der Waals surface area contributed by atoms with E-state index in [4.69, 9.17) is 16.3 Å². The first-order chi connectivity index (χ1) is 7.16. The summed E-state index contributed by atoms with van der Waals surface area (Å²) in [4.78, 5) is 0. The molecule has 1 aliphatic rings. The highest BCUT2D eigenvalue weighted by molar-refractivity contribution is 6.30. The molecule has 0 spiro atoms. The van der Waals surface area contributed by atoms with Gasteiger partial charge < -0.3 is 9.84 Å². The Morgan fingerprint density at radius 1 is 1.47 bits per heavy atom. The molecule has 2 unspecified atom stereocenters. The second-order valence-electron chi connectivity index (χ2n) is 3.70. The molecule has 0 aliphatic carbocycles. The Bertz CT molecular complexity index is 356. The standard InChI is InChI=1S/C11H12ClFO2/c12-7-1-2-9(10(13)5-7)11-6-8(14)3-4-15-11/h1-2,5,8,11,14H,3-4,6H2. The molecule has 1 aromatic carbocycles. The lowest BCUT2D eigenvalue weighted by molar-refractivity contribution is -0.0461. The van der Waals surface area contributed by atoms with E-state index in [-0.39, 0.29) is 11.9 Å². The lowest BCUT2D eigenvalue weighted by Gasteiger charge is -2.27. The van der Waals surface area contributed by atoms with Crippen molar-refractivity contribution in [2.45, 2.75) is 25.0 Å². The van der Waals surface area contributed by atoms with Crippen LogP contribution in [0.2, 0.25) is 5.02 Å². The zero-order valence-corrected chi connectivity index (χ0v) is 8.88. The summed E-state index contributed by atoms with van der Waals surface area (Å²) in [5, 5.41) is 9.83. The second kappa shape index (κ2) is 4.47. The maximum absolute atomic E-state index is 13.5. The molecule has 1 saturated heterocycles. The molecular formula is C11H12ClFO2. The normalized spacial score (nSPS) is 26.6. The Hall–Kier alpha value is -0.640. The van der Waals surface area contributed by atoms with Gasteiger partial charge in [-0.05, 0) is 18.6 Å². The molecule has 2 atom stereocenters. The van der Waals surface area contributed by atoms with Crippen molar-refractivity contribution in [3.05, 3.63) is 34.6 Å². The summed E-state index contributed by atoms with van der Waals surface area (Å²) in [6.45, 7) is 0.466. The summed E-state index contributed by atoms with van der Waals surface area (Å²) in [7, 11) is 0. The van der Waals surface area contributed by atoms with Crippen molar-refractivity contribution in [1.29, 1.82) is 0 Å². The molecule has 2 nitrogen and oxygen atoms in total. The molecule has 0 saturated carbocycles. The molecule has 1 aromatic rings. The summed E-state index contributed by atoms with van der Waals surface area (Å²) in [6.07, 6.45) is 0.300. The van der Waals surface area contributed by atoms with Gasteiger partial charge in [0.1, 0.15) is 5.82 Å². The molecule has 4 heteroatoms. The van der Waals surface area contributed by atoms with Gasteiger partial charge in [0.25, 0.3) is 0 Å². The highest BCUT2D eigenvalue weighted by Crippen LogP contribution is 2.30. The van der Waals surface area contributed by atoms with Crippen LogP contribution in [0, 0.1) is 5.82 Å². The minimum atomic E-state index is -0.404. The Morgan fingerprint density at radius 3 is 2.93 bits per heavy atom. The Morgan fingerprint density at radius 2 is 2.27 bits per heavy atom. The quantitative estimate of drug-likeness (QED) is 0.804. The fourth-order valence-corrected chi connectivity index (χ4v) is 1.92. The van der Waals surface area contributed by atoms with E-state index in [0.717, 1.165) is 0 Å². The first-order valence-corrected chi connectivity index (χ1v) is 5.29. The van der Waals surface area contributed by atoms with Gasteiger partial charge in [-0.3, -0.25) is 0 Å². The molecule has 15 heavy (non-hydrogen) atoms. The van der Waals surface area contributed by atoms with Crippen molar-refractivity contribution in [2.24, 2.45) is 0 Å². The first kappa shape index (κ1) is 10.9. The van der Waals surface area contributed by atoms with E-state index < -0.39 is 6.10 Å². The van der Waals surface area contributed by atoms with Gasteiger partial charge in [-0.15, -0.1) is 0 Å². The van der Waals surface area contributed by atoms with Crippen LogP contribution in [0.1, 0.15) is 24.5 Å². The topological polar surface area (TPSA) is 29.5 Å². The second-order valence-corrected chi connectivity index (χ2v) is 4.14. The number of aliphatic hydroxyl groups is 1. The van der Waals surface area contributed by atoms with Crippen molar-refractivity contribution in [3.63, 3.8) is 0 Å². The highest BCUT2D eigenvalue weighted by Gasteiger charge is 2.24. The van der Waals surface area contributed by atoms with Crippen molar-refractivity contribution < 1.29 is 14.2 Å². The van der Waals surface area contributed by atoms with E-state index in [1.54, 1.807) is 12.1 Å². The smallest absolute Gasteiger partial charge is 0.130 e. The molecule has 0 radical (unpaired) electrons. The predicted octanol–water partition coefficient (Wildman–Crippen LogP) is 2.69. The third kappa shape index (κ3) is 2.48. The Labute approximate surface area is 92.6 Å². The van der Waals surface area contributed by atoms with Gasteiger partial charge in [-0.2, -0.15) is 0 Å². The monoisotopic (exact) mass is 230 g/mol. The minimum Gasteiger partial charge on any atom is -0.393 e. The highest BCUT2D eigenvalue weighted by atomic mass is 35.5. The maximum atomic E-state index is 13.5.